The van der Waals surface area contributed by atoms with Crippen LogP contribution in [0, 0.1) is 6.92 Å². The Balaban J connectivity index is 1.79. The van der Waals surface area contributed by atoms with Gasteiger partial charge in [-0.05, 0) is 43.9 Å². The predicted octanol–water partition coefficient (Wildman–Crippen LogP) is 4.09. The summed E-state index contributed by atoms with van der Waals surface area (Å²) in [6.07, 6.45) is 4.72. The van der Waals surface area contributed by atoms with Crippen LogP contribution in [0.15, 0.2) is 29.6 Å². The first-order valence-corrected chi connectivity index (χ1v) is 8.88. The number of hydrogen-bond donors (Lipinski definition) is 1. The lowest BCUT2D eigenvalue weighted by Crippen LogP contribution is -2.36. The Hall–Kier alpha value is -1.19. The monoisotopic (exact) mass is 300 g/mol. The quantitative estimate of drug-likeness (QED) is 0.869. The smallest absolute Gasteiger partial charge is 0.0897 e. The number of aromatic nitrogens is 1. The zero-order valence-corrected chi connectivity index (χ0v) is 13.7. The maximum atomic E-state index is 4.66. The highest BCUT2D eigenvalue weighted by atomic mass is 32.1. The number of hydrogen-bond acceptors (Lipinski definition) is 3. The normalized spacial score (nSPS) is 18.7. The number of aryl methyl sites for hydroxylation is 2. The minimum atomic E-state index is 0.509. The fraction of sp³-hybridized carbons (Fsp3) is 0.500. The largest absolute Gasteiger partial charge is 0.313 e. The molecule has 0 bridgehead atoms. The van der Waals surface area contributed by atoms with Crippen molar-refractivity contribution in [3.63, 3.8) is 0 Å². The molecule has 2 atom stereocenters. The molecular formula is C18H24N2S. The minimum absolute atomic E-state index is 0.509. The lowest BCUT2D eigenvalue weighted by Gasteiger charge is -2.25. The van der Waals surface area contributed by atoms with Crippen molar-refractivity contribution in [2.75, 3.05) is 6.54 Å². The van der Waals surface area contributed by atoms with E-state index in [1.54, 1.807) is 22.5 Å². The highest BCUT2D eigenvalue weighted by Crippen LogP contribution is 2.36. The second-order valence-corrected chi connectivity index (χ2v) is 7.03. The van der Waals surface area contributed by atoms with Crippen LogP contribution in [0.25, 0.3) is 0 Å². The molecule has 1 aliphatic carbocycles. The van der Waals surface area contributed by atoms with Crippen LogP contribution >= 0.6 is 11.3 Å². The molecule has 0 radical (unpaired) electrons. The van der Waals surface area contributed by atoms with E-state index in [1.165, 1.54) is 30.0 Å². The highest BCUT2D eigenvalue weighted by molar-refractivity contribution is 7.09. The Bertz CT molecular complexity index is 590. The molecule has 2 unspecified atom stereocenters. The molecule has 1 heterocycles. The van der Waals surface area contributed by atoms with E-state index in [0.29, 0.717) is 12.0 Å². The molecule has 3 heteroatoms. The highest BCUT2D eigenvalue weighted by Gasteiger charge is 2.29. The van der Waals surface area contributed by atoms with E-state index in [4.69, 9.17) is 0 Å². The average molecular weight is 300 g/mol. The summed E-state index contributed by atoms with van der Waals surface area (Å²) >= 11 is 1.76. The first-order valence-electron chi connectivity index (χ1n) is 8.00. The van der Waals surface area contributed by atoms with Gasteiger partial charge in [-0.1, -0.05) is 31.2 Å². The van der Waals surface area contributed by atoms with Crippen LogP contribution in [0.1, 0.15) is 47.5 Å². The van der Waals surface area contributed by atoms with Gasteiger partial charge in [0.1, 0.15) is 0 Å². The third-order valence-electron chi connectivity index (χ3n) is 4.42. The van der Waals surface area contributed by atoms with E-state index >= 15 is 0 Å². The molecule has 1 N–H and O–H groups in total. The standard InChI is InChI=1S/C18H24N2S/c1-3-10-19-18(11-15-12-21-13(2)20-15)17-9-8-14-6-4-5-7-16(14)17/h4-7,12,17-19H,3,8-11H2,1-2H3. The summed E-state index contributed by atoms with van der Waals surface area (Å²) in [4.78, 5) is 4.66. The second kappa shape index (κ2) is 6.71. The molecule has 0 aliphatic heterocycles. The van der Waals surface area contributed by atoms with Crippen LogP contribution in [-0.4, -0.2) is 17.6 Å². The first kappa shape index (κ1) is 14.7. The lowest BCUT2D eigenvalue weighted by molar-refractivity contribution is 0.423. The summed E-state index contributed by atoms with van der Waals surface area (Å²) in [6.45, 7) is 5.42. The summed E-state index contributed by atoms with van der Waals surface area (Å²) in [7, 11) is 0. The molecule has 2 nitrogen and oxygen atoms in total. The van der Waals surface area contributed by atoms with E-state index in [0.717, 1.165) is 13.0 Å². The topological polar surface area (TPSA) is 24.9 Å². The second-order valence-electron chi connectivity index (χ2n) is 5.97. The summed E-state index contributed by atoms with van der Waals surface area (Å²) in [5.41, 5.74) is 4.34. The molecule has 1 aromatic heterocycles. The Morgan fingerprint density at radius 2 is 2.24 bits per heavy atom. The van der Waals surface area contributed by atoms with Crippen molar-refractivity contribution in [3.8, 4) is 0 Å². The van der Waals surface area contributed by atoms with Gasteiger partial charge in [0.15, 0.2) is 0 Å². The number of nitrogens with zero attached hydrogens (tertiary/aromatic N) is 1. The molecule has 0 saturated carbocycles. The number of fused-ring (bicyclic) bond motifs is 1. The van der Waals surface area contributed by atoms with Crippen LogP contribution in [0.3, 0.4) is 0 Å². The third-order valence-corrected chi connectivity index (χ3v) is 5.24. The molecule has 2 aromatic rings. The van der Waals surface area contributed by atoms with Crippen molar-refractivity contribution in [3.05, 3.63) is 51.5 Å². The maximum absolute atomic E-state index is 4.66. The van der Waals surface area contributed by atoms with Gasteiger partial charge in [-0.15, -0.1) is 11.3 Å². The Morgan fingerprint density at radius 1 is 1.38 bits per heavy atom. The number of thiazole rings is 1. The van der Waals surface area contributed by atoms with E-state index in [9.17, 15) is 0 Å². The SMILES string of the molecule is CCCNC(Cc1csc(C)n1)C1CCc2ccccc21. The fourth-order valence-corrected chi connectivity index (χ4v) is 4.05. The molecule has 0 saturated heterocycles. The van der Waals surface area contributed by atoms with Crippen LogP contribution in [0.2, 0.25) is 0 Å². The Kier molecular flexibility index (Phi) is 4.71. The Labute approximate surface area is 131 Å². The summed E-state index contributed by atoms with van der Waals surface area (Å²) in [6, 6.07) is 9.47. The minimum Gasteiger partial charge on any atom is -0.313 e. The van der Waals surface area contributed by atoms with Gasteiger partial charge in [-0.2, -0.15) is 0 Å². The molecule has 1 aromatic carbocycles. The molecule has 112 valence electrons. The summed E-state index contributed by atoms with van der Waals surface area (Å²) < 4.78 is 0. The molecular weight excluding hydrogens is 276 g/mol. The Morgan fingerprint density at radius 3 is 3.00 bits per heavy atom. The van der Waals surface area contributed by atoms with Crippen LogP contribution in [0.5, 0.6) is 0 Å². The van der Waals surface area contributed by atoms with E-state index in [1.807, 2.05) is 0 Å². The zero-order chi connectivity index (χ0) is 14.7. The third kappa shape index (κ3) is 3.35. The van der Waals surface area contributed by atoms with E-state index in [2.05, 4.69) is 53.8 Å². The fourth-order valence-electron chi connectivity index (χ4n) is 3.42. The van der Waals surface area contributed by atoms with Gasteiger partial charge < -0.3 is 5.32 Å². The summed E-state index contributed by atoms with van der Waals surface area (Å²) in [5.74, 6) is 0.634. The van der Waals surface area contributed by atoms with Crippen molar-refractivity contribution in [2.24, 2.45) is 0 Å². The van der Waals surface area contributed by atoms with Crippen LogP contribution < -0.4 is 5.32 Å². The van der Waals surface area contributed by atoms with E-state index < -0.39 is 0 Å². The van der Waals surface area contributed by atoms with Crippen LogP contribution in [-0.2, 0) is 12.8 Å². The molecule has 21 heavy (non-hydrogen) atoms. The lowest BCUT2D eigenvalue weighted by atomic mass is 9.90. The van der Waals surface area contributed by atoms with Gasteiger partial charge in [0, 0.05) is 23.8 Å². The van der Waals surface area contributed by atoms with Gasteiger partial charge in [-0.3, -0.25) is 0 Å². The van der Waals surface area contributed by atoms with Gasteiger partial charge in [-0.25, -0.2) is 4.98 Å². The van der Waals surface area contributed by atoms with Crippen molar-refractivity contribution >= 4 is 11.3 Å². The molecule has 1 aliphatic rings. The van der Waals surface area contributed by atoms with Gasteiger partial charge in [0.05, 0.1) is 10.7 Å². The summed E-state index contributed by atoms with van der Waals surface area (Å²) in [5, 5.41) is 7.17. The van der Waals surface area contributed by atoms with Crippen molar-refractivity contribution in [1.82, 2.24) is 10.3 Å². The molecule has 0 fully saturated rings. The number of nitrogens with one attached hydrogen (secondary N) is 1. The predicted molar refractivity (Wildman–Crippen MR) is 90.1 cm³/mol. The zero-order valence-electron chi connectivity index (χ0n) is 12.9. The number of benzene rings is 1. The molecule has 3 rings (SSSR count). The van der Waals surface area contributed by atoms with Crippen molar-refractivity contribution < 1.29 is 0 Å². The molecule has 0 amide bonds. The maximum Gasteiger partial charge on any atom is 0.0897 e. The van der Waals surface area contributed by atoms with E-state index in [-0.39, 0.29) is 0 Å². The van der Waals surface area contributed by atoms with Crippen molar-refractivity contribution in [2.45, 2.75) is 51.5 Å². The van der Waals surface area contributed by atoms with Gasteiger partial charge in [0.2, 0.25) is 0 Å². The average Bonchev–Trinajstić information content (AvgIpc) is 3.09. The molecule has 0 spiro atoms. The first-order chi connectivity index (χ1) is 10.3. The van der Waals surface area contributed by atoms with Crippen molar-refractivity contribution in [1.29, 1.82) is 0 Å². The van der Waals surface area contributed by atoms with Gasteiger partial charge >= 0.3 is 0 Å². The van der Waals surface area contributed by atoms with Crippen LogP contribution in [0.4, 0.5) is 0 Å². The number of rotatable bonds is 6. The van der Waals surface area contributed by atoms with Gasteiger partial charge in [0.25, 0.3) is 0 Å².